The number of pyridine rings is 1. The number of amides is 1. The smallest absolute Gasteiger partial charge is 0.338 e. The van der Waals surface area contributed by atoms with E-state index in [1.165, 1.54) is 12.3 Å². The number of hydrogen-bond acceptors (Lipinski definition) is 5. The highest BCUT2D eigenvalue weighted by molar-refractivity contribution is 6.36. The minimum Gasteiger partial charge on any atom is -0.489 e. The van der Waals surface area contributed by atoms with Gasteiger partial charge in [0.15, 0.2) is 12.4 Å². The third-order valence-electron chi connectivity index (χ3n) is 3.72. The van der Waals surface area contributed by atoms with E-state index in [4.69, 9.17) is 32.7 Å². The average Bonchev–Trinajstić information content (AvgIpc) is 2.73. The molecular weight excluding hydrogens is 415 g/mol. The zero-order chi connectivity index (χ0) is 20.6. The van der Waals surface area contributed by atoms with Gasteiger partial charge in [-0.05, 0) is 29.8 Å². The van der Waals surface area contributed by atoms with Gasteiger partial charge in [0.05, 0.1) is 15.6 Å². The molecule has 3 aromatic rings. The van der Waals surface area contributed by atoms with E-state index >= 15 is 0 Å². The van der Waals surface area contributed by atoms with E-state index in [-0.39, 0.29) is 16.4 Å². The second kappa shape index (κ2) is 9.91. The minimum absolute atomic E-state index is 0.133. The van der Waals surface area contributed by atoms with Crippen molar-refractivity contribution < 1.29 is 19.1 Å². The van der Waals surface area contributed by atoms with Crippen molar-refractivity contribution in [3.05, 3.63) is 88.0 Å². The molecule has 0 bridgehead atoms. The van der Waals surface area contributed by atoms with Crippen molar-refractivity contribution in [1.82, 2.24) is 4.98 Å². The largest absolute Gasteiger partial charge is 0.489 e. The molecular formula is C21H16Cl2N2O4. The van der Waals surface area contributed by atoms with E-state index < -0.39 is 18.5 Å². The Kier molecular flexibility index (Phi) is 7.05. The Balaban J connectivity index is 1.53. The summed E-state index contributed by atoms with van der Waals surface area (Å²) in [7, 11) is 0. The molecule has 0 saturated carbocycles. The zero-order valence-electron chi connectivity index (χ0n) is 15.1. The first-order chi connectivity index (χ1) is 14.0. The molecule has 0 atom stereocenters. The maximum absolute atomic E-state index is 12.2. The number of carbonyl (C=O) groups is 2. The fourth-order valence-corrected chi connectivity index (χ4v) is 2.77. The van der Waals surface area contributed by atoms with Crippen LogP contribution in [0.2, 0.25) is 10.0 Å². The third kappa shape index (κ3) is 6.20. The summed E-state index contributed by atoms with van der Waals surface area (Å²) in [4.78, 5) is 28.1. The summed E-state index contributed by atoms with van der Waals surface area (Å²) >= 11 is 11.7. The molecule has 0 aliphatic carbocycles. The van der Waals surface area contributed by atoms with Gasteiger partial charge in [-0.3, -0.25) is 4.79 Å². The number of rotatable bonds is 7. The van der Waals surface area contributed by atoms with Crippen LogP contribution in [0.15, 0.2) is 66.9 Å². The molecule has 0 aliphatic heterocycles. The van der Waals surface area contributed by atoms with Crippen LogP contribution in [0.1, 0.15) is 15.9 Å². The van der Waals surface area contributed by atoms with Crippen LogP contribution in [0, 0.1) is 0 Å². The molecule has 0 aliphatic rings. The zero-order valence-corrected chi connectivity index (χ0v) is 16.6. The molecule has 148 valence electrons. The van der Waals surface area contributed by atoms with Gasteiger partial charge >= 0.3 is 5.97 Å². The molecule has 1 N–H and O–H groups in total. The van der Waals surface area contributed by atoms with E-state index in [0.29, 0.717) is 17.4 Å². The summed E-state index contributed by atoms with van der Waals surface area (Å²) in [5, 5.41) is 2.97. The fraction of sp³-hybridized carbons (Fsp3) is 0.0952. The topological polar surface area (TPSA) is 77.5 Å². The summed E-state index contributed by atoms with van der Waals surface area (Å²) in [6, 6.07) is 17.6. The lowest BCUT2D eigenvalue weighted by atomic mass is 10.2. The lowest BCUT2D eigenvalue weighted by Crippen LogP contribution is -2.21. The molecule has 8 heteroatoms. The molecule has 1 amide bonds. The van der Waals surface area contributed by atoms with Gasteiger partial charge in [-0.2, -0.15) is 0 Å². The quantitative estimate of drug-likeness (QED) is 0.546. The minimum atomic E-state index is -0.652. The van der Waals surface area contributed by atoms with Crippen molar-refractivity contribution in [2.45, 2.75) is 6.61 Å². The van der Waals surface area contributed by atoms with Crippen molar-refractivity contribution in [1.29, 1.82) is 0 Å². The first kappa shape index (κ1) is 20.6. The summed E-state index contributed by atoms with van der Waals surface area (Å²) in [6.07, 6.45) is 1.34. The number of ether oxygens (including phenoxy) is 2. The van der Waals surface area contributed by atoms with Crippen molar-refractivity contribution in [2.24, 2.45) is 0 Å². The highest BCUT2D eigenvalue weighted by atomic mass is 35.5. The van der Waals surface area contributed by atoms with Gasteiger partial charge in [0, 0.05) is 6.20 Å². The number of anilines is 1. The number of carbonyl (C=O) groups excluding carboxylic acids is 2. The van der Waals surface area contributed by atoms with Crippen LogP contribution in [0.3, 0.4) is 0 Å². The van der Waals surface area contributed by atoms with Crippen LogP contribution < -0.4 is 10.1 Å². The molecule has 2 aromatic carbocycles. The number of nitrogens with one attached hydrogen (secondary N) is 1. The summed E-state index contributed by atoms with van der Waals surface area (Å²) in [5.74, 6) is -0.578. The van der Waals surface area contributed by atoms with Gasteiger partial charge in [-0.25, -0.2) is 9.78 Å². The molecule has 6 nitrogen and oxygen atoms in total. The second-order valence-corrected chi connectivity index (χ2v) is 6.75. The van der Waals surface area contributed by atoms with Crippen molar-refractivity contribution >= 4 is 40.9 Å². The SMILES string of the molecule is O=C(COC(=O)c1cccc(OCc2ccccc2)c1)Nc1ncc(Cl)cc1Cl. The van der Waals surface area contributed by atoms with Gasteiger partial charge in [-0.15, -0.1) is 0 Å². The summed E-state index contributed by atoms with van der Waals surface area (Å²) < 4.78 is 10.7. The predicted molar refractivity (Wildman–Crippen MR) is 110 cm³/mol. The lowest BCUT2D eigenvalue weighted by Gasteiger charge is -2.09. The van der Waals surface area contributed by atoms with E-state index in [1.807, 2.05) is 30.3 Å². The molecule has 0 spiro atoms. The van der Waals surface area contributed by atoms with E-state index in [0.717, 1.165) is 5.56 Å². The van der Waals surface area contributed by atoms with Crippen molar-refractivity contribution in [3.63, 3.8) is 0 Å². The number of aromatic nitrogens is 1. The first-order valence-electron chi connectivity index (χ1n) is 8.56. The fourth-order valence-electron chi connectivity index (χ4n) is 2.34. The van der Waals surface area contributed by atoms with Crippen molar-refractivity contribution in [3.8, 4) is 5.75 Å². The Labute approximate surface area is 177 Å². The van der Waals surface area contributed by atoms with Gasteiger partial charge in [-0.1, -0.05) is 59.6 Å². The molecule has 1 heterocycles. The van der Waals surface area contributed by atoms with Gasteiger partial charge in [0.1, 0.15) is 12.4 Å². The molecule has 0 unspecified atom stereocenters. The number of esters is 1. The number of nitrogens with zero attached hydrogens (tertiary/aromatic N) is 1. The Morgan fingerprint density at radius 2 is 1.79 bits per heavy atom. The molecule has 0 radical (unpaired) electrons. The predicted octanol–water partition coefficient (Wildman–Crippen LogP) is 4.76. The van der Waals surface area contributed by atoms with Crippen LogP contribution >= 0.6 is 23.2 Å². The highest BCUT2D eigenvalue weighted by Gasteiger charge is 2.13. The normalized spacial score (nSPS) is 10.3. The molecule has 1 aromatic heterocycles. The Morgan fingerprint density at radius 3 is 2.55 bits per heavy atom. The van der Waals surface area contributed by atoms with Crippen LogP contribution in [0.25, 0.3) is 0 Å². The Hall–Kier alpha value is -3.09. The average molecular weight is 431 g/mol. The Bertz CT molecular complexity index is 1010. The maximum Gasteiger partial charge on any atom is 0.338 e. The van der Waals surface area contributed by atoms with E-state index in [9.17, 15) is 9.59 Å². The maximum atomic E-state index is 12.2. The first-order valence-corrected chi connectivity index (χ1v) is 9.31. The van der Waals surface area contributed by atoms with Gasteiger partial charge < -0.3 is 14.8 Å². The van der Waals surface area contributed by atoms with Crippen molar-refractivity contribution in [2.75, 3.05) is 11.9 Å². The lowest BCUT2D eigenvalue weighted by molar-refractivity contribution is -0.119. The summed E-state index contributed by atoms with van der Waals surface area (Å²) in [5.41, 5.74) is 1.28. The van der Waals surface area contributed by atoms with E-state index in [1.54, 1.807) is 24.3 Å². The molecule has 0 saturated heterocycles. The highest BCUT2D eigenvalue weighted by Crippen LogP contribution is 2.22. The third-order valence-corrected chi connectivity index (χ3v) is 4.21. The Morgan fingerprint density at radius 1 is 1.00 bits per heavy atom. The van der Waals surface area contributed by atoms with Gasteiger partial charge in [0.25, 0.3) is 5.91 Å². The summed E-state index contributed by atoms with van der Waals surface area (Å²) in [6.45, 7) is -0.120. The number of benzene rings is 2. The van der Waals surface area contributed by atoms with Crippen LogP contribution in [-0.4, -0.2) is 23.5 Å². The molecule has 3 rings (SSSR count). The second-order valence-electron chi connectivity index (χ2n) is 5.91. The molecule has 0 fully saturated rings. The monoisotopic (exact) mass is 430 g/mol. The van der Waals surface area contributed by atoms with E-state index in [2.05, 4.69) is 10.3 Å². The van der Waals surface area contributed by atoms with Crippen LogP contribution in [-0.2, 0) is 16.1 Å². The van der Waals surface area contributed by atoms with Crippen LogP contribution in [0.5, 0.6) is 5.75 Å². The van der Waals surface area contributed by atoms with Gasteiger partial charge in [0.2, 0.25) is 0 Å². The molecule has 29 heavy (non-hydrogen) atoms. The standard InChI is InChI=1S/C21H16Cl2N2O4/c22-16-10-18(23)20(24-11-16)25-19(26)13-29-21(27)15-7-4-8-17(9-15)28-12-14-5-2-1-3-6-14/h1-11H,12-13H2,(H,24,25,26). The number of halogens is 2. The van der Waals surface area contributed by atoms with Crippen LogP contribution in [0.4, 0.5) is 5.82 Å². The number of hydrogen-bond donors (Lipinski definition) is 1.